The summed E-state index contributed by atoms with van der Waals surface area (Å²) >= 11 is 0. The van der Waals surface area contributed by atoms with Crippen LogP contribution in [0.1, 0.15) is 61.6 Å². The number of carbonyl (C=O) groups is 2. The predicted octanol–water partition coefficient (Wildman–Crippen LogP) is 1.95. The molecular weight excluding hydrogens is 304 g/mol. The van der Waals surface area contributed by atoms with Gasteiger partial charge in [0.15, 0.2) is 0 Å². The predicted molar refractivity (Wildman–Crippen MR) is 90.4 cm³/mol. The van der Waals surface area contributed by atoms with Crippen LogP contribution in [0.2, 0.25) is 0 Å². The van der Waals surface area contributed by atoms with Gasteiger partial charge in [0.2, 0.25) is 5.91 Å². The van der Waals surface area contributed by atoms with Crippen LogP contribution in [0.25, 0.3) is 0 Å². The minimum atomic E-state index is -0.105. The molecule has 0 unspecified atom stereocenters. The second-order valence-electron chi connectivity index (χ2n) is 6.98. The van der Waals surface area contributed by atoms with E-state index in [1.807, 2.05) is 4.90 Å². The molecule has 6 heteroatoms. The highest BCUT2D eigenvalue weighted by Crippen LogP contribution is 2.22. The zero-order chi connectivity index (χ0) is 16.9. The molecule has 2 amide bonds. The van der Waals surface area contributed by atoms with Gasteiger partial charge in [-0.1, -0.05) is 19.3 Å². The van der Waals surface area contributed by atoms with Gasteiger partial charge in [-0.2, -0.15) is 0 Å². The van der Waals surface area contributed by atoms with Crippen LogP contribution in [0.4, 0.5) is 0 Å². The minimum Gasteiger partial charge on any atom is -0.348 e. The average molecular weight is 330 g/mol. The van der Waals surface area contributed by atoms with Gasteiger partial charge in [-0.25, -0.2) is 4.98 Å². The van der Waals surface area contributed by atoms with Crippen molar-refractivity contribution in [1.82, 2.24) is 20.2 Å². The van der Waals surface area contributed by atoms with Crippen molar-refractivity contribution in [2.75, 3.05) is 13.1 Å². The van der Waals surface area contributed by atoms with Crippen molar-refractivity contribution in [1.29, 1.82) is 0 Å². The van der Waals surface area contributed by atoms with E-state index in [0.29, 0.717) is 18.0 Å². The molecule has 130 valence electrons. The number of amides is 2. The zero-order valence-electron chi connectivity index (χ0n) is 14.3. The molecular formula is C18H26N4O2. The number of hydrogen-bond donors (Lipinski definition) is 1. The molecule has 2 aliphatic rings. The molecule has 1 saturated heterocycles. The second kappa shape index (κ2) is 7.73. The van der Waals surface area contributed by atoms with Crippen molar-refractivity contribution >= 4 is 11.8 Å². The first-order valence-corrected chi connectivity index (χ1v) is 8.99. The van der Waals surface area contributed by atoms with Gasteiger partial charge in [-0.3, -0.25) is 14.6 Å². The fourth-order valence-corrected chi connectivity index (χ4v) is 3.77. The minimum absolute atomic E-state index is 0.105. The maximum Gasteiger partial charge on any atom is 0.271 e. The molecule has 0 aromatic carbocycles. The van der Waals surface area contributed by atoms with Crippen LogP contribution >= 0.6 is 0 Å². The number of carbonyl (C=O) groups excluding carboxylic acids is 2. The second-order valence-corrected chi connectivity index (χ2v) is 6.98. The summed E-state index contributed by atoms with van der Waals surface area (Å²) in [5.74, 6) is 0.366. The van der Waals surface area contributed by atoms with Gasteiger partial charge >= 0.3 is 0 Å². The van der Waals surface area contributed by atoms with E-state index >= 15 is 0 Å². The Morgan fingerprint density at radius 3 is 2.62 bits per heavy atom. The Balaban J connectivity index is 1.64. The Morgan fingerprint density at radius 2 is 1.92 bits per heavy atom. The summed E-state index contributed by atoms with van der Waals surface area (Å²) < 4.78 is 0. The Bertz CT molecular complexity index is 598. The lowest BCUT2D eigenvalue weighted by atomic mass is 9.95. The molecule has 1 saturated carbocycles. The van der Waals surface area contributed by atoms with E-state index in [-0.39, 0.29) is 17.9 Å². The zero-order valence-corrected chi connectivity index (χ0v) is 14.3. The highest BCUT2D eigenvalue weighted by Gasteiger charge is 2.27. The number of aromatic nitrogens is 2. The van der Waals surface area contributed by atoms with Crippen molar-refractivity contribution in [2.45, 2.75) is 57.9 Å². The van der Waals surface area contributed by atoms with Gasteiger partial charge in [0.05, 0.1) is 5.69 Å². The van der Waals surface area contributed by atoms with Crippen LogP contribution in [0.15, 0.2) is 12.4 Å². The Kier molecular flexibility index (Phi) is 5.43. The number of rotatable bonds is 4. The van der Waals surface area contributed by atoms with Gasteiger partial charge in [0.25, 0.3) is 5.91 Å². The summed E-state index contributed by atoms with van der Waals surface area (Å²) in [7, 11) is 0. The maximum atomic E-state index is 12.6. The van der Waals surface area contributed by atoms with Crippen molar-refractivity contribution in [3.8, 4) is 0 Å². The quantitative estimate of drug-likeness (QED) is 0.915. The molecule has 6 nitrogen and oxygen atoms in total. The van der Waals surface area contributed by atoms with Crippen LogP contribution in [0.5, 0.6) is 0 Å². The van der Waals surface area contributed by atoms with Crippen molar-refractivity contribution in [3.05, 3.63) is 23.8 Å². The van der Waals surface area contributed by atoms with Crippen LogP contribution in [-0.4, -0.2) is 45.8 Å². The SMILES string of the molecule is CC(=O)N1CC[C@@H](Cc2nccnc2C(=O)NC2CCCCC2)C1. The molecule has 0 radical (unpaired) electrons. The molecule has 0 spiro atoms. The average Bonchev–Trinajstić information content (AvgIpc) is 3.05. The summed E-state index contributed by atoms with van der Waals surface area (Å²) in [6, 6.07) is 0.265. The third-order valence-corrected chi connectivity index (χ3v) is 5.14. The lowest BCUT2D eigenvalue weighted by Gasteiger charge is -2.23. The number of hydrogen-bond acceptors (Lipinski definition) is 4. The van der Waals surface area contributed by atoms with Gasteiger partial charge < -0.3 is 10.2 Å². The Labute approximate surface area is 143 Å². The van der Waals surface area contributed by atoms with Crippen molar-refractivity contribution in [2.24, 2.45) is 5.92 Å². The number of nitrogens with one attached hydrogen (secondary N) is 1. The fourth-order valence-electron chi connectivity index (χ4n) is 3.77. The summed E-state index contributed by atoms with van der Waals surface area (Å²) in [6.45, 7) is 3.15. The topological polar surface area (TPSA) is 75.2 Å². The highest BCUT2D eigenvalue weighted by molar-refractivity contribution is 5.93. The lowest BCUT2D eigenvalue weighted by Crippen LogP contribution is -2.37. The third-order valence-electron chi connectivity index (χ3n) is 5.14. The molecule has 1 aromatic rings. The molecule has 1 N–H and O–H groups in total. The normalized spacial score (nSPS) is 21.7. The summed E-state index contributed by atoms with van der Waals surface area (Å²) in [6.07, 6.45) is 10.6. The molecule has 2 heterocycles. The van der Waals surface area contributed by atoms with Gasteiger partial charge in [0.1, 0.15) is 5.69 Å². The molecule has 1 aromatic heterocycles. The fraction of sp³-hybridized carbons (Fsp3) is 0.667. The van der Waals surface area contributed by atoms with Gasteiger partial charge in [-0.05, 0) is 31.6 Å². The third kappa shape index (κ3) is 4.10. The Hall–Kier alpha value is -1.98. The monoisotopic (exact) mass is 330 g/mol. The van der Waals surface area contributed by atoms with Crippen molar-refractivity contribution < 1.29 is 9.59 Å². The molecule has 0 bridgehead atoms. The standard InChI is InChI=1S/C18H26N4O2/c1-13(23)22-10-7-14(12-22)11-16-17(20-9-8-19-16)18(24)21-15-5-3-2-4-6-15/h8-9,14-15H,2-7,10-12H2,1H3,(H,21,24)/t14-/m0/s1. The smallest absolute Gasteiger partial charge is 0.271 e. The maximum absolute atomic E-state index is 12.6. The molecule has 2 fully saturated rings. The number of likely N-dealkylation sites (tertiary alicyclic amines) is 1. The summed E-state index contributed by atoms with van der Waals surface area (Å²) in [5, 5.41) is 3.12. The Morgan fingerprint density at radius 1 is 1.17 bits per heavy atom. The first kappa shape index (κ1) is 16.9. The first-order valence-electron chi connectivity index (χ1n) is 8.99. The van der Waals surface area contributed by atoms with E-state index in [2.05, 4.69) is 15.3 Å². The van der Waals surface area contributed by atoms with E-state index in [0.717, 1.165) is 38.0 Å². The summed E-state index contributed by atoms with van der Waals surface area (Å²) in [4.78, 5) is 34.6. The first-order chi connectivity index (χ1) is 11.6. The van der Waals surface area contributed by atoms with Crippen LogP contribution < -0.4 is 5.32 Å². The lowest BCUT2D eigenvalue weighted by molar-refractivity contribution is -0.127. The number of nitrogens with zero attached hydrogens (tertiary/aromatic N) is 3. The highest BCUT2D eigenvalue weighted by atomic mass is 16.2. The van der Waals surface area contributed by atoms with E-state index in [9.17, 15) is 9.59 Å². The van der Waals surface area contributed by atoms with E-state index in [1.165, 1.54) is 19.3 Å². The van der Waals surface area contributed by atoms with Crippen LogP contribution in [-0.2, 0) is 11.2 Å². The molecule has 1 aliphatic carbocycles. The summed E-state index contributed by atoms with van der Waals surface area (Å²) in [5.41, 5.74) is 1.20. The van der Waals surface area contributed by atoms with Gasteiger partial charge in [-0.15, -0.1) is 0 Å². The van der Waals surface area contributed by atoms with Gasteiger partial charge in [0, 0.05) is 38.4 Å². The van der Waals surface area contributed by atoms with E-state index < -0.39 is 0 Å². The van der Waals surface area contributed by atoms with E-state index in [4.69, 9.17) is 0 Å². The largest absolute Gasteiger partial charge is 0.348 e. The molecule has 1 atom stereocenters. The van der Waals surface area contributed by atoms with Crippen LogP contribution in [0, 0.1) is 5.92 Å². The van der Waals surface area contributed by atoms with E-state index in [1.54, 1.807) is 19.3 Å². The van der Waals surface area contributed by atoms with Crippen molar-refractivity contribution in [3.63, 3.8) is 0 Å². The molecule has 3 rings (SSSR count). The molecule has 1 aliphatic heterocycles. The van der Waals surface area contributed by atoms with Crippen LogP contribution in [0.3, 0.4) is 0 Å². The molecule has 24 heavy (non-hydrogen) atoms.